The molecule has 3 rings (SSSR count). The molecule has 0 amide bonds. The van der Waals surface area contributed by atoms with Crippen LogP contribution >= 0.6 is 0 Å². The minimum atomic E-state index is -3.67. The van der Waals surface area contributed by atoms with Crippen LogP contribution in [0.3, 0.4) is 0 Å². The molecular weight excluding hydrogens is 403 g/mol. The van der Waals surface area contributed by atoms with Crippen molar-refractivity contribution in [1.82, 2.24) is 4.31 Å². The fourth-order valence-corrected chi connectivity index (χ4v) is 5.52. The standard InChI is InChI=1S/C23H31FN2O3S/c1-4-29-22-9-7-21(8-10-22)25-13-14-26(17-19(16-25)15-18(2)3)30(27,28)23-11-5-20(24)6-12-23/h5-12,18-19H,4,13-17H2,1-3H3/t19-/m0/s1. The lowest BCUT2D eigenvalue weighted by Crippen LogP contribution is -2.36. The molecule has 0 spiro atoms. The predicted molar refractivity (Wildman–Crippen MR) is 118 cm³/mol. The molecule has 164 valence electrons. The van der Waals surface area contributed by atoms with E-state index in [0.717, 1.165) is 24.4 Å². The molecule has 1 aliphatic rings. The minimum absolute atomic E-state index is 0.140. The Morgan fingerprint density at radius 3 is 2.30 bits per heavy atom. The highest BCUT2D eigenvalue weighted by Gasteiger charge is 2.31. The van der Waals surface area contributed by atoms with Gasteiger partial charge < -0.3 is 9.64 Å². The first-order valence-corrected chi connectivity index (χ1v) is 12.0. The lowest BCUT2D eigenvalue weighted by atomic mass is 9.96. The summed E-state index contributed by atoms with van der Waals surface area (Å²) in [5.41, 5.74) is 1.06. The Morgan fingerprint density at radius 2 is 1.70 bits per heavy atom. The summed E-state index contributed by atoms with van der Waals surface area (Å²) in [6.07, 6.45) is 0.933. The fourth-order valence-electron chi connectivity index (χ4n) is 4.02. The van der Waals surface area contributed by atoms with Gasteiger partial charge in [0.25, 0.3) is 0 Å². The summed E-state index contributed by atoms with van der Waals surface area (Å²) >= 11 is 0. The van der Waals surface area contributed by atoms with Crippen LogP contribution in [0.2, 0.25) is 0 Å². The van der Waals surface area contributed by atoms with Crippen molar-refractivity contribution < 1.29 is 17.5 Å². The van der Waals surface area contributed by atoms with Gasteiger partial charge in [-0.3, -0.25) is 0 Å². The maximum atomic E-state index is 13.3. The van der Waals surface area contributed by atoms with Gasteiger partial charge in [-0.15, -0.1) is 0 Å². The Morgan fingerprint density at radius 1 is 1.03 bits per heavy atom. The SMILES string of the molecule is CCOc1ccc(N2CCN(S(=O)(=O)c3ccc(F)cc3)C[C@@H](CC(C)C)C2)cc1. The van der Waals surface area contributed by atoms with Gasteiger partial charge in [-0.25, -0.2) is 12.8 Å². The van der Waals surface area contributed by atoms with Crippen LogP contribution in [0.4, 0.5) is 10.1 Å². The van der Waals surface area contributed by atoms with E-state index in [-0.39, 0.29) is 10.8 Å². The Kier molecular flexibility index (Phi) is 7.36. The van der Waals surface area contributed by atoms with E-state index in [2.05, 4.69) is 18.7 Å². The molecule has 1 aliphatic heterocycles. The van der Waals surface area contributed by atoms with E-state index < -0.39 is 15.8 Å². The van der Waals surface area contributed by atoms with Crippen molar-refractivity contribution in [2.45, 2.75) is 32.1 Å². The molecule has 0 N–H and O–H groups in total. The smallest absolute Gasteiger partial charge is 0.243 e. The molecule has 0 saturated carbocycles. The molecule has 5 nitrogen and oxygen atoms in total. The van der Waals surface area contributed by atoms with Gasteiger partial charge in [-0.2, -0.15) is 4.31 Å². The highest BCUT2D eigenvalue weighted by atomic mass is 32.2. The molecular formula is C23H31FN2O3S. The molecule has 30 heavy (non-hydrogen) atoms. The summed E-state index contributed by atoms with van der Waals surface area (Å²) in [6.45, 7) is 9.14. The third-order valence-electron chi connectivity index (χ3n) is 5.33. The Labute approximate surface area is 179 Å². The van der Waals surface area contributed by atoms with Crippen molar-refractivity contribution in [2.75, 3.05) is 37.7 Å². The topological polar surface area (TPSA) is 49.9 Å². The zero-order valence-electron chi connectivity index (χ0n) is 17.9. The summed E-state index contributed by atoms with van der Waals surface area (Å²) in [7, 11) is -3.67. The van der Waals surface area contributed by atoms with Gasteiger partial charge in [0.1, 0.15) is 11.6 Å². The molecule has 2 aromatic rings. The average Bonchev–Trinajstić information content (AvgIpc) is 2.92. The van der Waals surface area contributed by atoms with Crippen LogP contribution in [0.1, 0.15) is 27.2 Å². The summed E-state index contributed by atoms with van der Waals surface area (Å²) in [5, 5.41) is 0. The van der Waals surface area contributed by atoms with Gasteiger partial charge in [0.05, 0.1) is 11.5 Å². The molecule has 0 bridgehead atoms. The zero-order valence-corrected chi connectivity index (χ0v) is 18.7. The van der Waals surface area contributed by atoms with Crippen molar-refractivity contribution in [3.63, 3.8) is 0 Å². The first-order valence-electron chi connectivity index (χ1n) is 10.5. The lowest BCUT2D eigenvalue weighted by Gasteiger charge is -2.27. The van der Waals surface area contributed by atoms with E-state index in [1.807, 2.05) is 31.2 Å². The van der Waals surface area contributed by atoms with Gasteiger partial charge in [-0.05, 0) is 73.7 Å². The summed E-state index contributed by atoms with van der Waals surface area (Å²) in [5.74, 6) is 1.06. The van der Waals surface area contributed by atoms with Crippen LogP contribution in [0.5, 0.6) is 5.75 Å². The Hall–Kier alpha value is -2.12. The normalized spacial score (nSPS) is 18.4. The third-order valence-corrected chi connectivity index (χ3v) is 7.21. The maximum Gasteiger partial charge on any atom is 0.243 e. The minimum Gasteiger partial charge on any atom is -0.494 e. The lowest BCUT2D eigenvalue weighted by molar-refractivity contribution is 0.337. The third kappa shape index (κ3) is 5.52. The first kappa shape index (κ1) is 22.6. The van der Waals surface area contributed by atoms with Crippen LogP contribution in [0.25, 0.3) is 0 Å². The molecule has 0 aromatic heterocycles. The quantitative estimate of drug-likeness (QED) is 0.648. The fraction of sp³-hybridized carbons (Fsp3) is 0.478. The molecule has 1 saturated heterocycles. The molecule has 7 heteroatoms. The number of nitrogens with zero attached hydrogens (tertiary/aromatic N) is 2. The van der Waals surface area contributed by atoms with Crippen LogP contribution < -0.4 is 9.64 Å². The number of hydrogen-bond donors (Lipinski definition) is 0. The number of sulfonamides is 1. The summed E-state index contributed by atoms with van der Waals surface area (Å²) in [6, 6.07) is 13.0. The molecule has 1 fully saturated rings. The van der Waals surface area contributed by atoms with E-state index in [4.69, 9.17) is 4.74 Å². The monoisotopic (exact) mass is 434 g/mol. The van der Waals surface area contributed by atoms with Crippen molar-refractivity contribution >= 4 is 15.7 Å². The molecule has 0 unspecified atom stereocenters. The van der Waals surface area contributed by atoms with Gasteiger partial charge in [-0.1, -0.05) is 13.8 Å². The van der Waals surface area contributed by atoms with Crippen molar-refractivity contribution in [3.05, 3.63) is 54.3 Å². The van der Waals surface area contributed by atoms with E-state index in [0.29, 0.717) is 32.2 Å². The van der Waals surface area contributed by atoms with Gasteiger partial charge in [0.2, 0.25) is 10.0 Å². The highest BCUT2D eigenvalue weighted by Crippen LogP contribution is 2.27. The number of hydrogen-bond acceptors (Lipinski definition) is 4. The van der Waals surface area contributed by atoms with Crippen LogP contribution in [-0.2, 0) is 10.0 Å². The summed E-state index contributed by atoms with van der Waals surface area (Å²) in [4.78, 5) is 2.39. The van der Waals surface area contributed by atoms with E-state index in [9.17, 15) is 12.8 Å². The largest absolute Gasteiger partial charge is 0.494 e. The van der Waals surface area contributed by atoms with Crippen LogP contribution in [-0.4, -0.2) is 45.5 Å². The summed E-state index contributed by atoms with van der Waals surface area (Å²) < 4.78 is 46.8. The Balaban J connectivity index is 1.83. The van der Waals surface area contributed by atoms with Crippen LogP contribution in [0, 0.1) is 17.7 Å². The predicted octanol–water partition coefficient (Wildman–Crippen LogP) is 4.40. The Bertz CT molecular complexity index is 914. The first-order chi connectivity index (χ1) is 14.3. The van der Waals surface area contributed by atoms with E-state index in [1.165, 1.54) is 24.3 Å². The number of halogens is 1. The number of benzene rings is 2. The maximum absolute atomic E-state index is 13.3. The molecule has 1 atom stereocenters. The number of rotatable bonds is 7. The molecule has 0 aliphatic carbocycles. The second-order valence-corrected chi connectivity index (χ2v) is 10.1. The molecule has 0 radical (unpaired) electrons. The van der Waals surface area contributed by atoms with Crippen molar-refractivity contribution in [2.24, 2.45) is 11.8 Å². The van der Waals surface area contributed by atoms with E-state index >= 15 is 0 Å². The van der Waals surface area contributed by atoms with Gasteiger partial charge in [0.15, 0.2) is 0 Å². The second kappa shape index (κ2) is 9.79. The van der Waals surface area contributed by atoms with Crippen molar-refractivity contribution in [1.29, 1.82) is 0 Å². The zero-order chi connectivity index (χ0) is 21.7. The molecule has 2 aromatic carbocycles. The number of ether oxygens (including phenoxy) is 1. The second-order valence-electron chi connectivity index (χ2n) is 8.19. The van der Waals surface area contributed by atoms with E-state index in [1.54, 1.807) is 4.31 Å². The molecule has 1 heterocycles. The highest BCUT2D eigenvalue weighted by molar-refractivity contribution is 7.89. The van der Waals surface area contributed by atoms with Gasteiger partial charge >= 0.3 is 0 Å². The average molecular weight is 435 g/mol. The number of anilines is 1. The van der Waals surface area contributed by atoms with Gasteiger partial charge in [0, 0.05) is 31.9 Å². The van der Waals surface area contributed by atoms with Crippen molar-refractivity contribution in [3.8, 4) is 5.75 Å². The van der Waals surface area contributed by atoms with Crippen LogP contribution in [0.15, 0.2) is 53.4 Å².